The molecule has 0 radical (unpaired) electrons. The van der Waals surface area contributed by atoms with E-state index < -0.39 is 4.92 Å². The molecule has 0 aromatic heterocycles. The second kappa shape index (κ2) is 13.2. The van der Waals surface area contributed by atoms with Crippen molar-refractivity contribution in [1.29, 1.82) is 0 Å². The van der Waals surface area contributed by atoms with E-state index in [1.807, 2.05) is 25.1 Å². The van der Waals surface area contributed by atoms with Crippen LogP contribution in [0.1, 0.15) is 18.1 Å². The first-order valence-corrected chi connectivity index (χ1v) is 10.4. The monoisotopic (exact) mass is 475 g/mol. The maximum Gasteiger partial charge on any atom is 0.269 e. The van der Waals surface area contributed by atoms with E-state index in [4.69, 9.17) is 9.47 Å². The molecule has 0 atom stereocenters. The van der Waals surface area contributed by atoms with Crippen molar-refractivity contribution in [2.24, 2.45) is 0 Å². The zero-order chi connectivity index (χ0) is 22.8. The van der Waals surface area contributed by atoms with Gasteiger partial charge >= 0.3 is 0 Å². The molecule has 7 nitrogen and oxygen atoms in total. The lowest BCUT2D eigenvalue weighted by molar-refractivity contribution is -0.384. The largest absolute Gasteiger partial charge is 0.490 e. The highest BCUT2D eigenvalue weighted by Gasteiger charge is 2.12. The van der Waals surface area contributed by atoms with E-state index in [-0.39, 0.29) is 30.5 Å². The predicted molar refractivity (Wildman–Crippen MR) is 129 cm³/mol. The molecule has 176 valence electrons. The number of benzene rings is 3. The number of para-hydroxylation sites is 1. The van der Waals surface area contributed by atoms with Crippen LogP contribution in [0.25, 0.3) is 0 Å². The molecule has 33 heavy (non-hydrogen) atoms. The number of rotatable bonds is 12. The minimum atomic E-state index is -0.423. The molecule has 9 heteroatoms. The molecule has 3 rings (SSSR count). The molecule has 0 aliphatic rings. The molecule has 0 aliphatic carbocycles. The van der Waals surface area contributed by atoms with Gasteiger partial charge < -0.3 is 20.1 Å². The highest BCUT2D eigenvalue weighted by atomic mass is 35.5. The Hall–Kier alpha value is -3.36. The van der Waals surface area contributed by atoms with Crippen LogP contribution in [0, 0.1) is 15.9 Å². The molecule has 3 aromatic carbocycles. The lowest BCUT2D eigenvalue weighted by atomic mass is 10.1. The summed E-state index contributed by atoms with van der Waals surface area (Å²) < 4.78 is 25.6. The van der Waals surface area contributed by atoms with Gasteiger partial charge in [0.2, 0.25) is 0 Å². The summed E-state index contributed by atoms with van der Waals surface area (Å²) in [6, 6.07) is 18.5. The predicted octanol–water partition coefficient (Wildman–Crippen LogP) is 5.34. The molecule has 0 fully saturated rings. The molecule has 3 aromatic rings. The van der Waals surface area contributed by atoms with Gasteiger partial charge in [-0.25, -0.2) is 4.39 Å². The third-order valence-corrected chi connectivity index (χ3v) is 4.71. The number of nitro groups is 1. The van der Waals surface area contributed by atoms with Crippen molar-refractivity contribution in [2.45, 2.75) is 20.1 Å². The molecular formula is C24H27ClFN3O4. The molecule has 0 unspecified atom stereocenters. The number of nitrogens with one attached hydrogen (secondary N) is 2. The summed E-state index contributed by atoms with van der Waals surface area (Å²) in [7, 11) is 0. The Balaban J connectivity index is 0.00000385. The lowest BCUT2D eigenvalue weighted by Gasteiger charge is -2.17. The average molecular weight is 476 g/mol. The van der Waals surface area contributed by atoms with Crippen LogP contribution in [-0.2, 0) is 13.2 Å². The van der Waals surface area contributed by atoms with Crippen LogP contribution in [0.5, 0.6) is 11.5 Å². The summed E-state index contributed by atoms with van der Waals surface area (Å²) in [6.07, 6.45) is 0. The van der Waals surface area contributed by atoms with Gasteiger partial charge in [-0.1, -0.05) is 30.3 Å². The Kier molecular flexibility index (Phi) is 10.4. The van der Waals surface area contributed by atoms with Crippen molar-refractivity contribution >= 4 is 23.8 Å². The third kappa shape index (κ3) is 7.62. The van der Waals surface area contributed by atoms with Gasteiger partial charge in [-0.05, 0) is 31.2 Å². The summed E-state index contributed by atoms with van der Waals surface area (Å²) in [6.45, 7) is 4.32. The number of hydrogen-bond donors (Lipinski definition) is 2. The highest BCUT2D eigenvalue weighted by Crippen LogP contribution is 2.32. The lowest BCUT2D eigenvalue weighted by Crippen LogP contribution is -2.22. The van der Waals surface area contributed by atoms with Crippen molar-refractivity contribution in [3.63, 3.8) is 0 Å². The van der Waals surface area contributed by atoms with Crippen LogP contribution < -0.4 is 20.1 Å². The molecular weight excluding hydrogens is 449 g/mol. The van der Waals surface area contributed by atoms with Gasteiger partial charge in [0.25, 0.3) is 5.69 Å². The Morgan fingerprint density at radius 1 is 0.939 bits per heavy atom. The number of ether oxygens (including phenoxy) is 2. The first kappa shape index (κ1) is 25.9. The number of nitrogens with zero attached hydrogens (tertiary/aromatic N) is 1. The summed E-state index contributed by atoms with van der Waals surface area (Å²) >= 11 is 0. The van der Waals surface area contributed by atoms with E-state index in [1.165, 1.54) is 18.2 Å². The highest BCUT2D eigenvalue weighted by molar-refractivity contribution is 5.85. The molecule has 0 heterocycles. The van der Waals surface area contributed by atoms with Gasteiger partial charge in [0.05, 0.1) is 11.5 Å². The van der Waals surface area contributed by atoms with Crippen molar-refractivity contribution in [3.05, 3.63) is 93.8 Å². The van der Waals surface area contributed by atoms with E-state index in [2.05, 4.69) is 10.6 Å². The van der Waals surface area contributed by atoms with E-state index in [0.29, 0.717) is 43.3 Å². The second-order valence-electron chi connectivity index (χ2n) is 6.97. The quantitative estimate of drug-likeness (QED) is 0.209. The fourth-order valence-corrected chi connectivity index (χ4v) is 3.12. The maximum absolute atomic E-state index is 14.0. The van der Waals surface area contributed by atoms with Gasteiger partial charge in [-0.2, -0.15) is 0 Å². The molecule has 0 saturated carbocycles. The molecule has 0 saturated heterocycles. The van der Waals surface area contributed by atoms with Crippen LogP contribution in [0.3, 0.4) is 0 Å². The van der Waals surface area contributed by atoms with Gasteiger partial charge in [-0.3, -0.25) is 10.1 Å². The van der Waals surface area contributed by atoms with E-state index in [0.717, 1.165) is 11.3 Å². The second-order valence-corrected chi connectivity index (χ2v) is 6.97. The third-order valence-electron chi connectivity index (χ3n) is 4.71. The Morgan fingerprint density at radius 3 is 2.36 bits per heavy atom. The van der Waals surface area contributed by atoms with E-state index in [9.17, 15) is 14.5 Å². The first-order valence-electron chi connectivity index (χ1n) is 10.4. The van der Waals surface area contributed by atoms with Gasteiger partial charge in [-0.15, -0.1) is 12.4 Å². The Bertz CT molecular complexity index is 1030. The minimum Gasteiger partial charge on any atom is -0.490 e. The molecule has 0 bridgehead atoms. The number of halogens is 2. The standard InChI is InChI=1S/C24H26FN3O4.ClH/c1-2-31-23-9-5-7-18(24(23)32-17-19-6-3-4-8-22(19)25)16-26-14-15-27-20-10-12-21(13-11-20)28(29)30;/h3-13,26-27H,2,14-17H2,1H3;1H. The van der Waals surface area contributed by atoms with Crippen molar-refractivity contribution in [2.75, 3.05) is 25.0 Å². The van der Waals surface area contributed by atoms with Gasteiger partial charge in [0.15, 0.2) is 11.5 Å². The van der Waals surface area contributed by atoms with Crippen molar-refractivity contribution < 1.29 is 18.8 Å². The SMILES string of the molecule is CCOc1cccc(CNCCNc2ccc([N+](=O)[O-])cc2)c1OCc1ccccc1F.Cl. The fourth-order valence-electron chi connectivity index (χ4n) is 3.12. The van der Waals surface area contributed by atoms with Crippen molar-refractivity contribution in [1.82, 2.24) is 5.32 Å². The minimum absolute atomic E-state index is 0. The number of anilines is 1. The first-order chi connectivity index (χ1) is 15.6. The van der Waals surface area contributed by atoms with Crippen LogP contribution in [0.4, 0.5) is 15.8 Å². The van der Waals surface area contributed by atoms with E-state index >= 15 is 0 Å². The summed E-state index contributed by atoms with van der Waals surface area (Å²) in [4.78, 5) is 10.3. The molecule has 0 amide bonds. The molecule has 2 N–H and O–H groups in total. The number of nitro benzene ring substituents is 1. The van der Waals surface area contributed by atoms with E-state index in [1.54, 1.807) is 30.3 Å². The normalized spacial score (nSPS) is 10.2. The zero-order valence-electron chi connectivity index (χ0n) is 18.3. The Labute approximate surface area is 198 Å². The van der Waals surface area contributed by atoms with Gasteiger partial charge in [0, 0.05) is 48.6 Å². The summed E-state index contributed by atoms with van der Waals surface area (Å²) in [5.74, 6) is 0.902. The number of non-ortho nitro benzene ring substituents is 1. The topological polar surface area (TPSA) is 85.7 Å². The fraction of sp³-hybridized carbons (Fsp3) is 0.250. The van der Waals surface area contributed by atoms with Crippen LogP contribution >= 0.6 is 12.4 Å². The van der Waals surface area contributed by atoms with Crippen molar-refractivity contribution in [3.8, 4) is 11.5 Å². The molecule has 0 spiro atoms. The number of hydrogen-bond acceptors (Lipinski definition) is 6. The summed E-state index contributed by atoms with van der Waals surface area (Å²) in [5, 5.41) is 17.3. The smallest absolute Gasteiger partial charge is 0.269 e. The summed E-state index contributed by atoms with van der Waals surface area (Å²) in [5.41, 5.74) is 2.25. The van der Waals surface area contributed by atoms with Crippen LogP contribution in [0.2, 0.25) is 0 Å². The molecule has 0 aliphatic heterocycles. The maximum atomic E-state index is 14.0. The Morgan fingerprint density at radius 2 is 1.67 bits per heavy atom. The van der Waals surface area contributed by atoms with Gasteiger partial charge in [0.1, 0.15) is 12.4 Å². The van der Waals surface area contributed by atoms with Crippen LogP contribution in [-0.4, -0.2) is 24.6 Å². The zero-order valence-corrected chi connectivity index (χ0v) is 19.1. The average Bonchev–Trinajstić information content (AvgIpc) is 2.80. The van der Waals surface area contributed by atoms with Crippen LogP contribution in [0.15, 0.2) is 66.7 Å².